The van der Waals surface area contributed by atoms with Crippen molar-refractivity contribution in [1.82, 2.24) is 5.32 Å². The number of hydrogen-bond donors (Lipinski definition) is 1. The van der Waals surface area contributed by atoms with Gasteiger partial charge < -0.3 is 5.32 Å². The normalized spacial score (nSPS) is 35.1. The fourth-order valence-corrected chi connectivity index (χ4v) is 1.96. The first-order valence-electron chi connectivity index (χ1n) is 4.06. The maximum atomic E-state index is 3.60. The standard InChI is InChI=1S/C8H15N.ClH/c1-7-2-5-9-8(6-7)3-4-8;/h7,9H,2-6H2,1H3;1H. The van der Waals surface area contributed by atoms with Gasteiger partial charge in [0.25, 0.3) is 0 Å². The average Bonchev–Trinajstić information content (AvgIpc) is 2.49. The smallest absolute Gasteiger partial charge is 0.0185 e. The Bertz CT molecular complexity index is 120. The van der Waals surface area contributed by atoms with Gasteiger partial charge in [-0.1, -0.05) is 6.92 Å². The van der Waals surface area contributed by atoms with E-state index in [1.165, 1.54) is 32.2 Å². The molecule has 0 amide bonds. The lowest BCUT2D eigenvalue weighted by atomic mass is 9.93. The van der Waals surface area contributed by atoms with E-state index < -0.39 is 0 Å². The SMILES string of the molecule is CC1CCNC2(CC2)C1.Cl. The van der Waals surface area contributed by atoms with Gasteiger partial charge >= 0.3 is 0 Å². The van der Waals surface area contributed by atoms with E-state index in [4.69, 9.17) is 0 Å². The van der Waals surface area contributed by atoms with Crippen LogP contribution < -0.4 is 5.32 Å². The van der Waals surface area contributed by atoms with Gasteiger partial charge in [0.1, 0.15) is 0 Å². The van der Waals surface area contributed by atoms with Crippen LogP contribution in [0.4, 0.5) is 0 Å². The van der Waals surface area contributed by atoms with Crippen LogP contribution >= 0.6 is 12.4 Å². The van der Waals surface area contributed by atoms with Gasteiger partial charge in [0.15, 0.2) is 0 Å². The third-order valence-corrected chi connectivity index (χ3v) is 2.73. The molecule has 2 rings (SSSR count). The number of rotatable bonds is 0. The zero-order valence-corrected chi connectivity index (χ0v) is 7.34. The van der Waals surface area contributed by atoms with Gasteiger partial charge in [0.2, 0.25) is 0 Å². The first-order chi connectivity index (χ1) is 4.31. The van der Waals surface area contributed by atoms with Crippen molar-refractivity contribution < 1.29 is 0 Å². The molecule has 2 heteroatoms. The molecule has 1 aliphatic carbocycles. The van der Waals surface area contributed by atoms with Gasteiger partial charge in [-0.3, -0.25) is 0 Å². The fourth-order valence-electron chi connectivity index (χ4n) is 1.96. The average molecular weight is 162 g/mol. The second-order valence-corrected chi connectivity index (χ2v) is 3.81. The van der Waals surface area contributed by atoms with Crippen molar-refractivity contribution >= 4 is 12.4 Å². The van der Waals surface area contributed by atoms with E-state index >= 15 is 0 Å². The molecule has 0 aromatic carbocycles. The third-order valence-electron chi connectivity index (χ3n) is 2.73. The summed E-state index contributed by atoms with van der Waals surface area (Å²) in [4.78, 5) is 0. The van der Waals surface area contributed by atoms with E-state index in [0.717, 1.165) is 5.92 Å². The summed E-state index contributed by atoms with van der Waals surface area (Å²) in [6, 6.07) is 0. The van der Waals surface area contributed by atoms with Gasteiger partial charge in [-0.05, 0) is 38.1 Å². The van der Waals surface area contributed by atoms with Crippen molar-refractivity contribution in [2.24, 2.45) is 5.92 Å². The second-order valence-electron chi connectivity index (χ2n) is 3.81. The van der Waals surface area contributed by atoms with Crippen molar-refractivity contribution in [2.45, 2.75) is 38.1 Å². The second kappa shape index (κ2) is 2.71. The van der Waals surface area contributed by atoms with Crippen molar-refractivity contribution in [3.05, 3.63) is 0 Å². The number of halogens is 1. The minimum Gasteiger partial charge on any atom is -0.311 e. The zero-order chi connectivity index (χ0) is 6.32. The van der Waals surface area contributed by atoms with E-state index in [9.17, 15) is 0 Å². The summed E-state index contributed by atoms with van der Waals surface area (Å²) in [7, 11) is 0. The molecule has 1 heterocycles. The third kappa shape index (κ3) is 1.46. The summed E-state index contributed by atoms with van der Waals surface area (Å²) in [5.74, 6) is 0.980. The number of nitrogens with one attached hydrogen (secondary N) is 1. The first kappa shape index (κ1) is 8.35. The molecule has 2 fully saturated rings. The summed E-state index contributed by atoms with van der Waals surface area (Å²) in [6.07, 6.45) is 5.71. The van der Waals surface area contributed by atoms with E-state index in [2.05, 4.69) is 12.2 Å². The van der Waals surface area contributed by atoms with Crippen molar-refractivity contribution in [1.29, 1.82) is 0 Å². The predicted molar refractivity (Wildman–Crippen MR) is 45.6 cm³/mol. The summed E-state index contributed by atoms with van der Waals surface area (Å²) in [6.45, 7) is 3.64. The molecular weight excluding hydrogens is 146 g/mol. The van der Waals surface area contributed by atoms with Gasteiger partial charge in [0, 0.05) is 5.54 Å². The topological polar surface area (TPSA) is 12.0 Å². The minimum atomic E-state index is 0. The molecule has 1 saturated heterocycles. The van der Waals surface area contributed by atoms with Crippen LogP contribution in [0.5, 0.6) is 0 Å². The van der Waals surface area contributed by atoms with Crippen LogP contribution in [-0.2, 0) is 0 Å². The fraction of sp³-hybridized carbons (Fsp3) is 1.00. The molecule has 1 nitrogen and oxygen atoms in total. The Labute approximate surface area is 69.0 Å². The molecule has 10 heavy (non-hydrogen) atoms. The molecule has 2 aliphatic rings. The Morgan fingerprint density at radius 1 is 1.40 bits per heavy atom. The Morgan fingerprint density at radius 3 is 2.50 bits per heavy atom. The zero-order valence-electron chi connectivity index (χ0n) is 6.52. The molecule has 1 saturated carbocycles. The predicted octanol–water partition coefficient (Wildman–Crippen LogP) is 1.96. The van der Waals surface area contributed by atoms with Crippen LogP contribution in [0.25, 0.3) is 0 Å². The van der Waals surface area contributed by atoms with Crippen LogP contribution in [-0.4, -0.2) is 12.1 Å². The molecule has 0 aromatic heterocycles. The lowest BCUT2D eigenvalue weighted by molar-refractivity contribution is 0.305. The van der Waals surface area contributed by atoms with Crippen LogP contribution in [0.1, 0.15) is 32.6 Å². The highest BCUT2D eigenvalue weighted by Gasteiger charge is 2.44. The highest BCUT2D eigenvalue weighted by molar-refractivity contribution is 5.85. The van der Waals surface area contributed by atoms with Crippen LogP contribution in [0.2, 0.25) is 0 Å². The van der Waals surface area contributed by atoms with E-state index in [1.807, 2.05) is 0 Å². The molecule has 1 aliphatic heterocycles. The van der Waals surface area contributed by atoms with Gasteiger partial charge in [-0.2, -0.15) is 0 Å². The Balaban J connectivity index is 0.000000500. The van der Waals surface area contributed by atoms with Gasteiger partial charge in [-0.15, -0.1) is 12.4 Å². The molecule has 0 radical (unpaired) electrons. The summed E-state index contributed by atoms with van der Waals surface area (Å²) in [5.41, 5.74) is 0.650. The quantitative estimate of drug-likeness (QED) is 0.573. The van der Waals surface area contributed by atoms with Crippen molar-refractivity contribution in [3.8, 4) is 0 Å². The van der Waals surface area contributed by atoms with Crippen LogP contribution in [0.15, 0.2) is 0 Å². The molecule has 1 spiro atoms. The summed E-state index contributed by atoms with van der Waals surface area (Å²) < 4.78 is 0. The molecule has 1 unspecified atom stereocenters. The van der Waals surface area contributed by atoms with Gasteiger partial charge in [0.05, 0.1) is 0 Å². The van der Waals surface area contributed by atoms with Crippen molar-refractivity contribution in [2.75, 3.05) is 6.54 Å². The minimum absolute atomic E-state index is 0. The monoisotopic (exact) mass is 161 g/mol. The molecule has 1 atom stereocenters. The van der Waals surface area contributed by atoms with Crippen LogP contribution in [0, 0.1) is 5.92 Å². The molecule has 1 N–H and O–H groups in total. The molecule has 0 aromatic rings. The lowest BCUT2D eigenvalue weighted by Gasteiger charge is -2.27. The van der Waals surface area contributed by atoms with E-state index in [0.29, 0.717) is 5.54 Å². The maximum Gasteiger partial charge on any atom is 0.0185 e. The molecule has 0 bridgehead atoms. The Hall–Kier alpha value is 0.250. The van der Waals surface area contributed by atoms with Crippen molar-refractivity contribution in [3.63, 3.8) is 0 Å². The highest BCUT2D eigenvalue weighted by Crippen LogP contribution is 2.43. The summed E-state index contributed by atoms with van der Waals surface area (Å²) in [5, 5.41) is 3.60. The maximum absolute atomic E-state index is 3.60. The molecule has 60 valence electrons. The molecular formula is C8H16ClN. The first-order valence-corrected chi connectivity index (χ1v) is 4.06. The van der Waals surface area contributed by atoms with Gasteiger partial charge in [-0.25, -0.2) is 0 Å². The Kier molecular flexibility index (Phi) is 2.26. The highest BCUT2D eigenvalue weighted by atomic mass is 35.5. The summed E-state index contributed by atoms with van der Waals surface area (Å²) >= 11 is 0. The number of piperidine rings is 1. The Morgan fingerprint density at radius 2 is 2.10 bits per heavy atom. The van der Waals surface area contributed by atoms with Crippen LogP contribution in [0.3, 0.4) is 0 Å². The van der Waals surface area contributed by atoms with E-state index in [-0.39, 0.29) is 12.4 Å². The largest absolute Gasteiger partial charge is 0.311 e. The lowest BCUT2D eigenvalue weighted by Crippen LogP contribution is -2.39. The van der Waals surface area contributed by atoms with E-state index in [1.54, 1.807) is 0 Å². The number of hydrogen-bond acceptors (Lipinski definition) is 1.